The first-order chi connectivity index (χ1) is 8.78. The van der Waals surface area contributed by atoms with Crippen molar-refractivity contribution in [2.24, 2.45) is 11.7 Å². The van der Waals surface area contributed by atoms with Crippen molar-refractivity contribution in [1.82, 2.24) is 0 Å². The molecule has 1 aromatic carbocycles. The minimum absolute atomic E-state index is 0.0918. The molecule has 3 rings (SSSR count). The van der Waals surface area contributed by atoms with Crippen molar-refractivity contribution in [3.63, 3.8) is 0 Å². The van der Waals surface area contributed by atoms with Crippen molar-refractivity contribution < 1.29 is 13.9 Å². The van der Waals surface area contributed by atoms with Gasteiger partial charge in [-0.05, 0) is 24.6 Å². The van der Waals surface area contributed by atoms with Gasteiger partial charge in [-0.25, -0.2) is 0 Å². The molecule has 0 saturated carbocycles. The van der Waals surface area contributed by atoms with Crippen molar-refractivity contribution in [3.8, 4) is 5.75 Å². The van der Waals surface area contributed by atoms with E-state index in [4.69, 9.17) is 19.6 Å². The maximum absolute atomic E-state index is 6.23. The van der Waals surface area contributed by atoms with Gasteiger partial charge in [-0.2, -0.15) is 0 Å². The predicted molar refractivity (Wildman–Crippen MR) is 68.6 cm³/mol. The Bertz CT molecular complexity index is 543. The van der Waals surface area contributed by atoms with Crippen LogP contribution in [-0.4, -0.2) is 20.3 Å². The fourth-order valence-corrected chi connectivity index (χ4v) is 2.39. The van der Waals surface area contributed by atoms with E-state index in [-0.39, 0.29) is 6.04 Å². The van der Waals surface area contributed by atoms with Gasteiger partial charge in [0.25, 0.3) is 0 Å². The zero-order valence-electron chi connectivity index (χ0n) is 10.4. The third-order valence-corrected chi connectivity index (χ3v) is 3.55. The maximum atomic E-state index is 6.23. The van der Waals surface area contributed by atoms with Crippen LogP contribution in [0.3, 0.4) is 0 Å². The Hall–Kier alpha value is -1.52. The zero-order chi connectivity index (χ0) is 12.5. The Labute approximate surface area is 106 Å². The second-order valence-electron chi connectivity index (χ2n) is 4.70. The monoisotopic (exact) mass is 247 g/mol. The highest BCUT2D eigenvalue weighted by atomic mass is 16.5. The maximum Gasteiger partial charge on any atom is 0.138 e. The van der Waals surface area contributed by atoms with Crippen LogP contribution in [0.5, 0.6) is 5.75 Å². The van der Waals surface area contributed by atoms with Gasteiger partial charge in [-0.15, -0.1) is 0 Å². The standard InChI is InChI=1S/C14H17NO3/c1-16-11-3-2-9-6-13(18-12(9)7-11)14(15)10-4-5-17-8-10/h2-3,6-7,10,14H,4-5,8,15H2,1H3. The minimum atomic E-state index is -0.0918. The molecule has 2 atom stereocenters. The molecule has 0 aliphatic carbocycles. The van der Waals surface area contributed by atoms with E-state index < -0.39 is 0 Å². The SMILES string of the molecule is COc1ccc2cc(C(N)C3CCOC3)oc2c1. The van der Waals surface area contributed by atoms with Crippen molar-refractivity contribution >= 4 is 11.0 Å². The average Bonchev–Trinajstić information content (AvgIpc) is 3.05. The first-order valence-corrected chi connectivity index (χ1v) is 6.19. The molecule has 2 heterocycles. The summed E-state index contributed by atoms with van der Waals surface area (Å²) < 4.78 is 16.4. The Kier molecular flexibility index (Phi) is 2.97. The largest absolute Gasteiger partial charge is 0.497 e. The summed E-state index contributed by atoms with van der Waals surface area (Å²) in [6, 6.07) is 7.71. The lowest BCUT2D eigenvalue weighted by atomic mass is 9.98. The van der Waals surface area contributed by atoms with E-state index >= 15 is 0 Å². The predicted octanol–water partition coefficient (Wildman–Crippen LogP) is 2.48. The van der Waals surface area contributed by atoms with Crippen LogP contribution in [0, 0.1) is 5.92 Å². The van der Waals surface area contributed by atoms with Gasteiger partial charge in [-0.1, -0.05) is 0 Å². The number of furan rings is 1. The van der Waals surface area contributed by atoms with Crippen LogP contribution in [0.25, 0.3) is 11.0 Å². The quantitative estimate of drug-likeness (QED) is 0.905. The van der Waals surface area contributed by atoms with Gasteiger partial charge in [0, 0.05) is 24.0 Å². The molecule has 0 amide bonds. The molecular weight excluding hydrogens is 230 g/mol. The Morgan fingerprint density at radius 3 is 3.00 bits per heavy atom. The van der Waals surface area contributed by atoms with Gasteiger partial charge in [0.1, 0.15) is 17.1 Å². The van der Waals surface area contributed by atoms with E-state index in [9.17, 15) is 0 Å². The van der Waals surface area contributed by atoms with Crippen LogP contribution in [-0.2, 0) is 4.74 Å². The van der Waals surface area contributed by atoms with Crippen molar-refractivity contribution in [3.05, 3.63) is 30.0 Å². The van der Waals surface area contributed by atoms with Crippen LogP contribution in [0.15, 0.2) is 28.7 Å². The topological polar surface area (TPSA) is 57.6 Å². The molecule has 2 unspecified atom stereocenters. The Morgan fingerprint density at radius 1 is 1.39 bits per heavy atom. The summed E-state index contributed by atoms with van der Waals surface area (Å²) >= 11 is 0. The molecule has 18 heavy (non-hydrogen) atoms. The summed E-state index contributed by atoms with van der Waals surface area (Å²) in [5, 5.41) is 1.06. The van der Waals surface area contributed by atoms with Crippen molar-refractivity contribution in [2.45, 2.75) is 12.5 Å². The fourth-order valence-electron chi connectivity index (χ4n) is 2.39. The second-order valence-corrected chi connectivity index (χ2v) is 4.70. The van der Waals surface area contributed by atoms with Gasteiger partial charge in [0.05, 0.1) is 19.8 Å². The van der Waals surface area contributed by atoms with Crippen molar-refractivity contribution in [1.29, 1.82) is 0 Å². The molecule has 1 aromatic heterocycles. The van der Waals surface area contributed by atoms with E-state index in [1.54, 1.807) is 7.11 Å². The highest BCUT2D eigenvalue weighted by Gasteiger charge is 2.26. The summed E-state index contributed by atoms with van der Waals surface area (Å²) in [6.07, 6.45) is 1.00. The molecule has 0 bridgehead atoms. The molecule has 1 aliphatic rings. The number of fused-ring (bicyclic) bond motifs is 1. The molecule has 0 spiro atoms. The first-order valence-electron chi connectivity index (χ1n) is 6.19. The number of hydrogen-bond donors (Lipinski definition) is 1. The summed E-state index contributed by atoms with van der Waals surface area (Å²) in [5.74, 6) is 1.97. The summed E-state index contributed by atoms with van der Waals surface area (Å²) in [7, 11) is 1.65. The minimum Gasteiger partial charge on any atom is -0.497 e. The smallest absolute Gasteiger partial charge is 0.138 e. The highest BCUT2D eigenvalue weighted by molar-refractivity contribution is 5.79. The first kappa shape index (κ1) is 11.6. The molecule has 1 aliphatic heterocycles. The number of rotatable bonds is 3. The van der Waals surface area contributed by atoms with Crippen LogP contribution < -0.4 is 10.5 Å². The van der Waals surface area contributed by atoms with Gasteiger partial charge in [0.15, 0.2) is 0 Å². The Morgan fingerprint density at radius 2 is 2.28 bits per heavy atom. The molecule has 4 nitrogen and oxygen atoms in total. The number of nitrogens with two attached hydrogens (primary N) is 1. The van der Waals surface area contributed by atoms with Crippen LogP contribution in [0.1, 0.15) is 18.2 Å². The van der Waals surface area contributed by atoms with Gasteiger partial charge in [-0.3, -0.25) is 0 Å². The summed E-state index contributed by atoms with van der Waals surface area (Å²) in [6.45, 7) is 1.52. The number of ether oxygens (including phenoxy) is 2. The molecule has 96 valence electrons. The molecule has 2 aromatic rings. The second kappa shape index (κ2) is 4.63. The van der Waals surface area contributed by atoms with E-state index in [1.807, 2.05) is 24.3 Å². The summed E-state index contributed by atoms with van der Waals surface area (Å²) in [5.41, 5.74) is 7.05. The van der Waals surface area contributed by atoms with E-state index in [0.29, 0.717) is 5.92 Å². The van der Waals surface area contributed by atoms with Crippen molar-refractivity contribution in [2.75, 3.05) is 20.3 Å². The summed E-state index contributed by atoms with van der Waals surface area (Å²) in [4.78, 5) is 0. The lowest BCUT2D eigenvalue weighted by Crippen LogP contribution is -2.20. The third kappa shape index (κ3) is 1.98. The molecular formula is C14H17NO3. The van der Waals surface area contributed by atoms with E-state index in [0.717, 1.165) is 42.1 Å². The highest BCUT2D eigenvalue weighted by Crippen LogP contribution is 2.32. The van der Waals surface area contributed by atoms with Gasteiger partial charge < -0.3 is 19.6 Å². The molecule has 1 fully saturated rings. The lowest BCUT2D eigenvalue weighted by Gasteiger charge is -2.14. The normalized spacial score (nSPS) is 21.3. The van der Waals surface area contributed by atoms with Gasteiger partial charge >= 0.3 is 0 Å². The zero-order valence-corrected chi connectivity index (χ0v) is 10.4. The fraction of sp³-hybridized carbons (Fsp3) is 0.429. The molecule has 1 saturated heterocycles. The van der Waals surface area contributed by atoms with E-state index in [1.165, 1.54) is 0 Å². The average molecular weight is 247 g/mol. The number of benzene rings is 1. The van der Waals surface area contributed by atoms with Crippen LogP contribution in [0.4, 0.5) is 0 Å². The lowest BCUT2D eigenvalue weighted by molar-refractivity contribution is 0.178. The Balaban J connectivity index is 1.92. The number of hydrogen-bond acceptors (Lipinski definition) is 4. The molecule has 2 N–H and O–H groups in total. The van der Waals surface area contributed by atoms with E-state index in [2.05, 4.69) is 0 Å². The van der Waals surface area contributed by atoms with Crippen LogP contribution >= 0.6 is 0 Å². The molecule has 4 heteroatoms. The molecule has 0 radical (unpaired) electrons. The third-order valence-electron chi connectivity index (χ3n) is 3.55. The van der Waals surface area contributed by atoms with Crippen LogP contribution in [0.2, 0.25) is 0 Å². The number of methoxy groups -OCH3 is 1. The van der Waals surface area contributed by atoms with Gasteiger partial charge in [0.2, 0.25) is 0 Å².